The fraction of sp³-hybridized carbons (Fsp3) is 0.391. The van der Waals surface area contributed by atoms with E-state index in [-0.39, 0.29) is 41.1 Å². The van der Waals surface area contributed by atoms with Gasteiger partial charge in [0, 0.05) is 23.9 Å². The lowest BCUT2D eigenvalue weighted by molar-refractivity contribution is -0.124. The van der Waals surface area contributed by atoms with Crippen molar-refractivity contribution in [2.24, 2.45) is 10.9 Å². The second-order valence-electron chi connectivity index (χ2n) is 8.55. The maximum absolute atomic E-state index is 14.9. The number of halogens is 2. The van der Waals surface area contributed by atoms with Crippen LogP contribution in [0.25, 0.3) is 0 Å². The predicted octanol–water partition coefficient (Wildman–Crippen LogP) is 2.62. The van der Waals surface area contributed by atoms with Gasteiger partial charge in [-0.05, 0) is 60.6 Å². The standard InChI is InChI=1S/C23H20F2N4O2/c24-13-2-4-16-17-9-19(25)12(7-18(17)22(30)29-20(16)8-13)6-15(10-26)28-23(31)21-11-1-3-14(5-11)27-21/h2,4,7-9,11,14-16,21,27H,1,3,5-6H2,(H,28,31)/t11-,14+,15?,16?,21-/m0/s1. The van der Waals surface area contributed by atoms with Crippen molar-refractivity contribution in [3.8, 4) is 6.07 Å². The Morgan fingerprint density at radius 1 is 1.35 bits per heavy atom. The minimum Gasteiger partial charge on any atom is -0.339 e. The molecule has 6 nitrogen and oxygen atoms in total. The molecule has 2 bridgehead atoms. The van der Waals surface area contributed by atoms with Gasteiger partial charge >= 0.3 is 0 Å². The molecule has 31 heavy (non-hydrogen) atoms. The van der Waals surface area contributed by atoms with Crippen molar-refractivity contribution in [3.05, 3.63) is 58.7 Å². The average Bonchev–Trinajstić information content (AvgIpc) is 3.37. The number of nitriles is 1. The van der Waals surface area contributed by atoms with E-state index in [1.54, 1.807) is 6.08 Å². The van der Waals surface area contributed by atoms with Crippen LogP contribution in [0.4, 0.5) is 8.78 Å². The first kappa shape index (κ1) is 19.8. The van der Waals surface area contributed by atoms with Crippen LogP contribution in [0.15, 0.2) is 41.2 Å². The lowest BCUT2D eigenvalue weighted by Crippen LogP contribution is -2.50. The van der Waals surface area contributed by atoms with Gasteiger partial charge in [0.1, 0.15) is 17.7 Å². The molecule has 4 aliphatic rings. The van der Waals surface area contributed by atoms with E-state index in [9.17, 15) is 23.6 Å². The summed E-state index contributed by atoms with van der Waals surface area (Å²) < 4.78 is 28.4. The summed E-state index contributed by atoms with van der Waals surface area (Å²) in [6.45, 7) is 0. The molecule has 1 aromatic rings. The van der Waals surface area contributed by atoms with Crippen LogP contribution in [0.2, 0.25) is 0 Å². The van der Waals surface area contributed by atoms with Gasteiger partial charge in [0.2, 0.25) is 5.91 Å². The molecule has 2 N–H and O–H groups in total. The van der Waals surface area contributed by atoms with Gasteiger partial charge in [-0.15, -0.1) is 0 Å². The summed E-state index contributed by atoms with van der Waals surface area (Å²) in [5.74, 6) is -2.14. The lowest BCUT2D eigenvalue weighted by atomic mass is 9.83. The molecule has 2 aliphatic carbocycles. The van der Waals surface area contributed by atoms with Crippen molar-refractivity contribution in [1.82, 2.24) is 10.6 Å². The molecular formula is C23H20F2N4O2. The van der Waals surface area contributed by atoms with Gasteiger partial charge in [-0.3, -0.25) is 9.59 Å². The van der Waals surface area contributed by atoms with Crippen molar-refractivity contribution in [2.45, 2.75) is 49.7 Å². The number of hydrogen-bond donors (Lipinski definition) is 2. The molecule has 5 rings (SSSR count). The number of hydrogen-bond acceptors (Lipinski definition) is 4. The number of allylic oxidation sites excluding steroid dienone is 4. The molecule has 1 aromatic carbocycles. The molecule has 2 heterocycles. The molecule has 5 atom stereocenters. The summed E-state index contributed by atoms with van der Waals surface area (Å²) in [5.41, 5.74) is 1.04. The molecule has 0 aromatic heterocycles. The second kappa shape index (κ2) is 7.50. The first-order valence-electron chi connectivity index (χ1n) is 10.4. The first-order chi connectivity index (χ1) is 14.9. The summed E-state index contributed by atoms with van der Waals surface area (Å²) in [4.78, 5) is 29.0. The highest BCUT2D eigenvalue weighted by Gasteiger charge is 2.43. The molecule has 0 radical (unpaired) electrons. The molecule has 158 valence electrons. The Bertz CT molecular complexity index is 1120. The van der Waals surface area contributed by atoms with Gasteiger partial charge in [0.15, 0.2) is 0 Å². The minimum atomic E-state index is -0.926. The van der Waals surface area contributed by atoms with Gasteiger partial charge in [0.25, 0.3) is 5.91 Å². The number of nitrogens with one attached hydrogen (secondary N) is 2. The van der Waals surface area contributed by atoms with E-state index in [1.807, 2.05) is 6.07 Å². The second-order valence-corrected chi connectivity index (χ2v) is 8.55. The van der Waals surface area contributed by atoms with E-state index >= 15 is 0 Å². The number of carbonyl (C=O) groups is 2. The highest BCUT2D eigenvalue weighted by Crippen LogP contribution is 2.36. The Hall–Kier alpha value is -3.18. The quantitative estimate of drug-likeness (QED) is 0.780. The molecule has 0 spiro atoms. The van der Waals surface area contributed by atoms with Crippen LogP contribution < -0.4 is 10.6 Å². The summed E-state index contributed by atoms with van der Waals surface area (Å²) in [7, 11) is 0. The maximum atomic E-state index is 14.9. The van der Waals surface area contributed by atoms with Crippen LogP contribution in [-0.4, -0.2) is 35.7 Å². The van der Waals surface area contributed by atoms with Crippen LogP contribution in [0.1, 0.15) is 46.7 Å². The number of rotatable bonds is 4. The van der Waals surface area contributed by atoms with Gasteiger partial charge in [-0.1, -0.05) is 6.08 Å². The van der Waals surface area contributed by atoms with E-state index in [0.717, 1.165) is 19.3 Å². The predicted molar refractivity (Wildman–Crippen MR) is 109 cm³/mol. The van der Waals surface area contributed by atoms with Crippen LogP contribution in [0, 0.1) is 23.1 Å². The zero-order chi connectivity index (χ0) is 21.7. The largest absolute Gasteiger partial charge is 0.339 e. The van der Waals surface area contributed by atoms with Crippen molar-refractivity contribution < 1.29 is 18.4 Å². The summed E-state index contributed by atoms with van der Waals surface area (Å²) in [6.07, 6.45) is 6.93. The Labute approximate surface area is 177 Å². The SMILES string of the molecule is N#CC(Cc1cc2c(cc1F)C1C=CC(F)=CC1=NC2=O)NC(=O)[C@H]1N[C@@H]2CC[C@H]1C2. The summed E-state index contributed by atoms with van der Waals surface area (Å²) >= 11 is 0. The third kappa shape index (κ3) is 3.49. The minimum absolute atomic E-state index is 0.0684. The fourth-order valence-corrected chi connectivity index (χ4v) is 5.10. The van der Waals surface area contributed by atoms with Crippen LogP contribution in [0.3, 0.4) is 0 Å². The lowest BCUT2D eigenvalue weighted by Gasteiger charge is -2.25. The van der Waals surface area contributed by atoms with E-state index in [0.29, 0.717) is 11.6 Å². The molecule has 2 unspecified atom stereocenters. The monoisotopic (exact) mass is 422 g/mol. The van der Waals surface area contributed by atoms with Crippen molar-refractivity contribution >= 4 is 17.5 Å². The highest BCUT2D eigenvalue weighted by molar-refractivity contribution is 6.16. The normalized spacial score (nSPS) is 28.9. The van der Waals surface area contributed by atoms with E-state index in [2.05, 4.69) is 15.6 Å². The highest BCUT2D eigenvalue weighted by atomic mass is 19.1. The molecular weight excluding hydrogens is 402 g/mol. The third-order valence-corrected chi connectivity index (χ3v) is 6.61. The molecule has 2 fully saturated rings. The first-order valence-corrected chi connectivity index (χ1v) is 10.4. The topological polar surface area (TPSA) is 94.3 Å². The summed E-state index contributed by atoms with van der Waals surface area (Å²) in [6, 6.07) is 3.77. The van der Waals surface area contributed by atoms with E-state index in [1.165, 1.54) is 24.3 Å². The van der Waals surface area contributed by atoms with Crippen molar-refractivity contribution in [2.75, 3.05) is 0 Å². The number of carbonyl (C=O) groups excluding carboxylic acids is 2. The van der Waals surface area contributed by atoms with Crippen molar-refractivity contribution in [3.63, 3.8) is 0 Å². The number of nitrogens with zero attached hydrogens (tertiary/aromatic N) is 2. The van der Waals surface area contributed by atoms with Gasteiger partial charge < -0.3 is 10.6 Å². The fourth-order valence-electron chi connectivity index (χ4n) is 5.10. The van der Waals surface area contributed by atoms with Crippen LogP contribution >= 0.6 is 0 Å². The zero-order valence-electron chi connectivity index (χ0n) is 16.6. The van der Waals surface area contributed by atoms with E-state index in [4.69, 9.17) is 0 Å². The number of aliphatic imine (C=N–C) groups is 1. The number of amides is 2. The Morgan fingerprint density at radius 2 is 2.19 bits per heavy atom. The van der Waals surface area contributed by atoms with Gasteiger partial charge in [-0.25, -0.2) is 13.8 Å². The third-order valence-electron chi connectivity index (χ3n) is 6.61. The summed E-state index contributed by atoms with van der Waals surface area (Å²) in [5, 5.41) is 15.5. The Balaban J connectivity index is 1.35. The van der Waals surface area contributed by atoms with Gasteiger partial charge in [-0.2, -0.15) is 5.26 Å². The maximum Gasteiger partial charge on any atom is 0.277 e. The number of benzene rings is 1. The Kier molecular flexibility index (Phi) is 4.78. The molecule has 2 amide bonds. The molecule has 1 saturated carbocycles. The van der Waals surface area contributed by atoms with Gasteiger partial charge in [0.05, 0.1) is 17.8 Å². The zero-order valence-corrected chi connectivity index (χ0v) is 16.6. The van der Waals surface area contributed by atoms with Crippen molar-refractivity contribution in [1.29, 1.82) is 5.26 Å². The smallest absolute Gasteiger partial charge is 0.277 e. The average molecular weight is 422 g/mol. The molecule has 2 aliphatic heterocycles. The van der Waals surface area contributed by atoms with E-state index < -0.39 is 29.5 Å². The molecule has 1 saturated heterocycles. The molecule has 8 heteroatoms. The number of fused-ring (bicyclic) bond motifs is 5. The van der Waals surface area contributed by atoms with Crippen LogP contribution in [0.5, 0.6) is 0 Å². The number of piperidine rings is 1. The van der Waals surface area contributed by atoms with Crippen LogP contribution in [-0.2, 0) is 11.2 Å². The Morgan fingerprint density at radius 3 is 2.90 bits per heavy atom.